The quantitative estimate of drug-likeness (QED) is 0.637. The molecule has 2 aliphatic heterocycles. The Labute approximate surface area is 200 Å². The standard InChI is InChI=1S/C24H31N3O6S/c1-18-4-3-5-19(2)24(18)33-17-23(28)25-21-16-20(34(29,30)27-10-14-32-15-11-27)6-7-22(21)26-8-12-31-13-9-26/h3-7,16H,8-15,17H2,1-2H3,(H,25,28). The number of aryl methyl sites for hydroxylation is 2. The minimum atomic E-state index is -3.71. The van der Waals surface area contributed by atoms with Crippen molar-refractivity contribution in [2.45, 2.75) is 18.7 Å². The van der Waals surface area contributed by atoms with Gasteiger partial charge in [0.15, 0.2) is 6.61 Å². The van der Waals surface area contributed by atoms with Gasteiger partial charge in [-0.15, -0.1) is 0 Å². The lowest BCUT2D eigenvalue weighted by Gasteiger charge is -2.31. The number of hydrogen-bond donors (Lipinski definition) is 1. The van der Waals surface area contributed by atoms with E-state index in [9.17, 15) is 13.2 Å². The van der Waals surface area contributed by atoms with Crippen LogP contribution in [0.4, 0.5) is 11.4 Å². The molecule has 0 spiro atoms. The molecule has 0 radical (unpaired) electrons. The monoisotopic (exact) mass is 489 g/mol. The fourth-order valence-corrected chi connectivity index (χ4v) is 5.58. The van der Waals surface area contributed by atoms with E-state index in [0.29, 0.717) is 64.0 Å². The summed E-state index contributed by atoms with van der Waals surface area (Å²) in [6.07, 6.45) is 0. The zero-order valence-corrected chi connectivity index (χ0v) is 20.4. The van der Waals surface area contributed by atoms with Crippen LogP contribution in [0.1, 0.15) is 11.1 Å². The van der Waals surface area contributed by atoms with E-state index < -0.39 is 10.0 Å². The van der Waals surface area contributed by atoms with E-state index in [1.54, 1.807) is 12.1 Å². The Morgan fingerprint density at radius 3 is 2.24 bits per heavy atom. The largest absolute Gasteiger partial charge is 0.483 e. The number of nitrogens with one attached hydrogen (secondary N) is 1. The lowest BCUT2D eigenvalue weighted by molar-refractivity contribution is -0.118. The van der Waals surface area contributed by atoms with Crippen molar-refractivity contribution in [3.05, 3.63) is 47.5 Å². The zero-order valence-electron chi connectivity index (χ0n) is 19.6. The molecule has 0 aliphatic carbocycles. The SMILES string of the molecule is Cc1cccc(C)c1OCC(=O)Nc1cc(S(=O)(=O)N2CCOCC2)ccc1N1CCOCC1. The summed E-state index contributed by atoms with van der Waals surface area (Å²) < 4.78 is 44.3. The molecular formula is C24H31N3O6S. The average molecular weight is 490 g/mol. The molecule has 0 atom stereocenters. The number of sulfonamides is 1. The lowest BCUT2D eigenvalue weighted by atomic mass is 10.1. The van der Waals surface area contributed by atoms with E-state index in [1.807, 2.05) is 32.0 Å². The van der Waals surface area contributed by atoms with E-state index in [0.717, 1.165) is 16.8 Å². The molecule has 2 aromatic rings. The number of benzene rings is 2. The third-order valence-electron chi connectivity index (χ3n) is 5.96. The van der Waals surface area contributed by atoms with Gasteiger partial charge in [0.2, 0.25) is 10.0 Å². The third-order valence-corrected chi connectivity index (χ3v) is 7.85. The van der Waals surface area contributed by atoms with Gasteiger partial charge in [0, 0.05) is 26.2 Å². The fourth-order valence-electron chi connectivity index (χ4n) is 4.14. The van der Waals surface area contributed by atoms with Crippen molar-refractivity contribution in [1.29, 1.82) is 0 Å². The van der Waals surface area contributed by atoms with Gasteiger partial charge in [0.1, 0.15) is 5.75 Å². The maximum atomic E-state index is 13.2. The molecule has 4 rings (SSSR count). The first-order valence-corrected chi connectivity index (χ1v) is 12.8. The first-order valence-electron chi connectivity index (χ1n) is 11.4. The summed E-state index contributed by atoms with van der Waals surface area (Å²) in [5, 5.41) is 2.88. The van der Waals surface area contributed by atoms with Crippen molar-refractivity contribution in [2.75, 3.05) is 69.4 Å². The van der Waals surface area contributed by atoms with Crippen LogP contribution in [0.3, 0.4) is 0 Å². The Morgan fingerprint density at radius 1 is 0.971 bits per heavy atom. The highest BCUT2D eigenvalue weighted by molar-refractivity contribution is 7.89. The van der Waals surface area contributed by atoms with Crippen molar-refractivity contribution in [2.24, 2.45) is 0 Å². The summed E-state index contributed by atoms with van der Waals surface area (Å²) in [5.74, 6) is 0.313. The van der Waals surface area contributed by atoms with Crippen molar-refractivity contribution in [3.8, 4) is 5.75 Å². The number of morpholine rings is 2. The number of ether oxygens (including phenoxy) is 3. The second kappa shape index (κ2) is 10.7. The number of carbonyl (C=O) groups is 1. The van der Waals surface area contributed by atoms with Crippen molar-refractivity contribution < 1.29 is 27.4 Å². The van der Waals surface area contributed by atoms with Crippen molar-refractivity contribution in [3.63, 3.8) is 0 Å². The summed E-state index contributed by atoms with van der Waals surface area (Å²) in [7, 11) is -3.71. The van der Waals surface area contributed by atoms with E-state index in [1.165, 1.54) is 10.4 Å². The van der Waals surface area contributed by atoms with Gasteiger partial charge in [-0.2, -0.15) is 4.31 Å². The zero-order chi connectivity index (χ0) is 24.1. The second-order valence-corrected chi connectivity index (χ2v) is 10.3. The van der Waals surface area contributed by atoms with E-state index in [2.05, 4.69) is 10.2 Å². The molecule has 2 saturated heterocycles. The third kappa shape index (κ3) is 5.52. The predicted molar refractivity (Wildman–Crippen MR) is 129 cm³/mol. The minimum Gasteiger partial charge on any atom is -0.483 e. The maximum absolute atomic E-state index is 13.2. The van der Waals surface area contributed by atoms with Crippen LogP contribution < -0.4 is 15.0 Å². The molecule has 2 heterocycles. The predicted octanol–water partition coefficient (Wildman–Crippen LogP) is 2.18. The first kappa shape index (κ1) is 24.5. The molecule has 1 amide bonds. The normalized spacial score (nSPS) is 17.4. The molecule has 2 aliphatic rings. The number of para-hydroxylation sites is 1. The summed E-state index contributed by atoms with van der Waals surface area (Å²) in [6, 6.07) is 10.7. The maximum Gasteiger partial charge on any atom is 0.262 e. The number of rotatable bonds is 7. The average Bonchev–Trinajstić information content (AvgIpc) is 2.85. The highest BCUT2D eigenvalue weighted by atomic mass is 32.2. The Balaban J connectivity index is 1.57. The van der Waals surface area contributed by atoms with Gasteiger partial charge in [-0.25, -0.2) is 8.42 Å². The van der Waals surface area contributed by atoms with Crippen LogP contribution in [0.15, 0.2) is 41.3 Å². The summed E-state index contributed by atoms with van der Waals surface area (Å²) in [5.41, 5.74) is 3.08. The van der Waals surface area contributed by atoms with Crippen LogP contribution in [0.5, 0.6) is 5.75 Å². The Bertz CT molecular complexity index is 1110. The smallest absolute Gasteiger partial charge is 0.262 e. The molecule has 9 nitrogen and oxygen atoms in total. The van der Waals surface area contributed by atoms with Crippen molar-refractivity contribution >= 4 is 27.3 Å². The molecule has 1 N–H and O–H groups in total. The molecule has 2 fully saturated rings. The number of nitrogens with zero attached hydrogens (tertiary/aromatic N) is 2. The van der Waals surface area contributed by atoms with Crippen molar-refractivity contribution in [1.82, 2.24) is 4.31 Å². The molecule has 0 saturated carbocycles. The molecule has 184 valence electrons. The van der Waals surface area contributed by atoms with Crippen LogP contribution in [0, 0.1) is 13.8 Å². The van der Waals surface area contributed by atoms with Crippen LogP contribution in [0.2, 0.25) is 0 Å². The topological polar surface area (TPSA) is 97.4 Å². The molecular weight excluding hydrogens is 458 g/mol. The Kier molecular flexibility index (Phi) is 7.72. The Morgan fingerprint density at radius 2 is 1.59 bits per heavy atom. The van der Waals surface area contributed by atoms with E-state index in [4.69, 9.17) is 14.2 Å². The highest BCUT2D eigenvalue weighted by Gasteiger charge is 2.28. The highest BCUT2D eigenvalue weighted by Crippen LogP contribution is 2.31. The number of carbonyl (C=O) groups excluding carboxylic acids is 1. The number of hydrogen-bond acceptors (Lipinski definition) is 7. The molecule has 0 bridgehead atoms. The fraction of sp³-hybridized carbons (Fsp3) is 0.458. The van der Waals surface area contributed by atoms with Gasteiger partial charge in [-0.3, -0.25) is 4.79 Å². The summed E-state index contributed by atoms with van der Waals surface area (Å²) in [6.45, 7) is 7.44. The van der Waals surface area contributed by atoms with Gasteiger partial charge >= 0.3 is 0 Å². The van der Waals surface area contributed by atoms with Gasteiger partial charge in [0.25, 0.3) is 5.91 Å². The van der Waals surface area contributed by atoms with Crippen LogP contribution in [-0.4, -0.2) is 77.8 Å². The summed E-state index contributed by atoms with van der Waals surface area (Å²) in [4.78, 5) is 15.1. The first-order chi connectivity index (χ1) is 16.4. The van der Waals surface area contributed by atoms with E-state index >= 15 is 0 Å². The van der Waals surface area contributed by atoms with E-state index in [-0.39, 0.29) is 17.4 Å². The van der Waals surface area contributed by atoms with Crippen LogP contribution in [0.25, 0.3) is 0 Å². The number of anilines is 2. The second-order valence-electron chi connectivity index (χ2n) is 8.35. The lowest BCUT2D eigenvalue weighted by Crippen LogP contribution is -2.40. The van der Waals surface area contributed by atoms with Gasteiger partial charge < -0.3 is 24.4 Å². The molecule has 34 heavy (non-hydrogen) atoms. The van der Waals surface area contributed by atoms with Crippen LogP contribution >= 0.6 is 0 Å². The molecule has 0 aromatic heterocycles. The number of amides is 1. The summed E-state index contributed by atoms with van der Waals surface area (Å²) >= 11 is 0. The van der Waals surface area contributed by atoms with Gasteiger partial charge in [0.05, 0.1) is 42.7 Å². The molecule has 0 unspecified atom stereocenters. The molecule has 10 heteroatoms. The Hall–Kier alpha value is -2.66. The molecule has 2 aromatic carbocycles. The van der Waals surface area contributed by atoms with Gasteiger partial charge in [-0.05, 0) is 43.2 Å². The van der Waals surface area contributed by atoms with Gasteiger partial charge in [-0.1, -0.05) is 18.2 Å². The minimum absolute atomic E-state index is 0.136. The van der Waals surface area contributed by atoms with Crippen LogP contribution in [-0.2, 0) is 24.3 Å².